The van der Waals surface area contributed by atoms with Crippen LogP contribution in [-0.4, -0.2) is 50.1 Å². The first-order valence-corrected chi connectivity index (χ1v) is 8.70. The lowest BCUT2D eigenvalue weighted by molar-refractivity contribution is -0.147. The molecule has 3 N–H and O–H groups in total. The van der Waals surface area contributed by atoms with Crippen molar-refractivity contribution in [3.63, 3.8) is 0 Å². The topological polar surface area (TPSA) is 123 Å². The first-order chi connectivity index (χ1) is 13.0. The van der Waals surface area contributed by atoms with E-state index in [-0.39, 0.29) is 0 Å². The predicted molar refractivity (Wildman–Crippen MR) is 97.4 cm³/mol. The smallest absolute Gasteiger partial charge is 0.325 e. The van der Waals surface area contributed by atoms with Gasteiger partial charge in [-0.05, 0) is 37.6 Å². The third kappa shape index (κ3) is 9.24. The van der Waals surface area contributed by atoms with E-state index < -0.39 is 37.0 Å². The lowest BCUT2D eigenvalue weighted by Gasteiger charge is -2.08. The molecule has 1 aromatic carbocycles. The van der Waals surface area contributed by atoms with Gasteiger partial charge in [-0.25, -0.2) is 4.79 Å². The second-order valence-electron chi connectivity index (χ2n) is 5.46. The average molecular weight is 379 g/mol. The van der Waals surface area contributed by atoms with Gasteiger partial charge < -0.3 is 20.1 Å². The number of hydrogen-bond acceptors (Lipinski definition) is 6. The standard InChI is InChI=1S/C18H25N3O6/c1-3-5-10-19-18(25)21-15(22)12-27-16(23)11-20-17(24)13-6-8-14(9-7-13)26-4-2/h6-9H,3-5,10-12H2,1-2H3,(H,20,24)(H2,19,21,22,25). The van der Waals surface area contributed by atoms with Gasteiger partial charge in [0.2, 0.25) is 0 Å². The molecule has 0 unspecified atom stereocenters. The minimum Gasteiger partial charge on any atom is -0.494 e. The van der Waals surface area contributed by atoms with E-state index in [9.17, 15) is 19.2 Å². The lowest BCUT2D eigenvalue weighted by Crippen LogP contribution is -2.42. The van der Waals surface area contributed by atoms with E-state index in [2.05, 4.69) is 10.6 Å². The summed E-state index contributed by atoms with van der Waals surface area (Å²) in [4.78, 5) is 46.4. The number of urea groups is 1. The van der Waals surface area contributed by atoms with Gasteiger partial charge in [-0.3, -0.25) is 19.7 Å². The molecule has 0 fully saturated rings. The van der Waals surface area contributed by atoms with E-state index in [0.717, 1.165) is 12.8 Å². The summed E-state index contributed by atoms with van der Waals surface area (Å²) in [6.07, 6.45) is 1.71. The fraction of sp³-hybridized carbons (Fsp3) is 0.444. The number of hydrogen-bond donors (Lipinski definition) is 3. The highest BCUT2D eigenvalue weighted by atomic mass is 16.5. The minimum absolute atomic E-state index is 0.354. The summed E-state index contributed by atoms with van der Waals surface area (Å²) in [5, 5.41) is 6.91. The largest absolute Gasteiger partial charge is 0.494 e. The van der Waals surface area contributed by atoms with Gasteiger partial charge in [0.15, 0.2) is 6.61 Å². The monoisotopic (exact) mass is 379 g/mol. The normalized spacial score (nSPS) is 9.85. The second kappa shape index (κ2) is 12.3. The number of nitrogens with one attached hydrogen (secondary N) is 3. The van der Waals surface area contributed by atoms with Gasteiger partial charge in [-0.2, -0.15) is 0 Å². The Hall–Kier alpha value is -3.10. The van der Waals surface area contributed by atoms with Crippen LogP contribution in [0.3, 0.4) is 0 Å². The molecule has 9 nitrogen and oxygen atoms in total. The molecule has 0 atom stereocenters. The maximum atomic E-state index is 11.9. The first kappa shape index (κ1) is 21.9. The van der Waals surface area contributed by atoms with Crippen molar-refractivity contribution in [2.45, 2.75) is 26.7 Å². The van der Waals surface area contributed by atoms with Crippen LogP contribution < -0.4 is 20.7 Å². The van der Waals surface area contributed by atoms with Gasteiger partial charge >= 0.3 is 12.0 Å². The van der Waals surface area contributed by atoms with Crippen LogP contribution in [0.1, 0.15) is 37.0 Å². The number of ether oxygens (including phenoxy) is 2. The van der Waals surface area contributed by atoms with Crippen LogP contribution >= 0.6 is 0 Å². The summed E-state index contributed by atoms with van der Waals surface area (Å²) in [5.74, 6) is -1.38. The molecule has 9 heteroatoms. The van der Waals surface area contributed by atoms with Gasteiger partial charge in [0.05, 0.1) is 6.61 Å². The fourth-order valence-electron chi connectivity index (χ4n) is 1.91. The number of carbonyl (C=O) groups is 4. The molecule has 1 rings (SSSR count). The Kier molecular flexibility index (Phi) is 9.98. The number of imide groups is 1. The van der Waals surface area contributed by atoms with Crippen LogP contribution in [-0.2, 0) is 14.3 Å². The van der Waals surface area contributed by atoms with Crippen LogP contribution in [0.2, 0.25) is 0 Å². The molecule has 0 spiro atoms. The van der Waals surface area contributed by atoms with E-state index in [0.29, 0.717) is 24.5 Å². The molecule has 0 aliphatic heterocycles. The Balaban J connectivity index is 2.27. The Bertz CT molecular complexity index is 645. The highest BCUT2D eigenvalue weighted by molar-refractivity contribution is 5.97. The number of unbranched alkanes of at least 4 members (excludes halogenated alkanes) is 1. The van der Waals surface area contributed by atoms with Crippen LogP contribution in [0, 0.1) is 0 Å². The number of amides is 4. The van der Waals surface area contributed by atoms with Crippen molar-refractivity contribution >= 4 is 23.8 Å². The third-order valence-electron chi connectivity index (χ3n) is 3.25. The SMILES string of the molecule is CCCCNC(=O)NC(=O)COC(=O)CNC(=O)c1ccc(OCC)cc1. The Labute approximate surface area is 157 Å². The summed E-state index contributed by atoms with van der Waals surface area (Å²) in [6, 6.07) is 5.78. The summed E-state index contributed by atoms with van der Waals surface area (Å²) in [7, 11) is 0. The van der Waals surface area contributed by atoms with Crippen molar-refractivity contribution in [2.75, 3.05) is 26.3 Å². The molecule has 0 aliphatic rings. The van der Waals surface area contributed by atoms with E-state index in [4.69, 9.17) is 9.47 Å². The van der Waals surface area contributed by atoms with Crippen molar-refractivity contribution in [1.29, 1.82) is 0 Å². The van der Waals surface area contributed by atoms with E-state index in [1.54, 1.807) is 24.3 Å². The molecule has 1 aromatic rings. The molecular weight excluding hydrogens is 354 g/mol. The number of benzene rings is 1. The van der Waals surface area contributed by atoms with Crippen molar-refractivity contribution in [3.05, 3.63) is 29.8 Å². The average Bonchev–Trinajstić information content (AvgIpc) is 2.65. The van der Waals surface area contributed by atoms with Crippen LogP contribution in [0.25, 0.3) is 0 Å². The molecule has 0 aliphatic carbocycles. The zero-order valence-corrected chi connectivity index (χ0v) is 15.5. The van der Waals surface area contributed by atoms with Crippen molar-refractivity contribution in [2.24, 2.45) is 0 Å². The molecule has 0 bridgehead atoms. The summed E-state index contributed by atoms with van der Waals surface area (Å²) in [5.41, 5.74) is 0.354. The molecule has 27 heavy (non-hydrogen) atoms. The highest BCUT2D eigenvalue weighted by Gasteiger charge is 2.12. The molecule has 0 aromatic heterocycles. The molecule has 0 saturated carbocycles. The number of rotatable bonds is 10. The van der Waals surface area contributed by atoms with Crippen LogP contribution in [0.4, 0.5) is 4.79 Å². The minimum atomic E-state index is -0.796. The maximum Gasteiger partial charge on any atom is 0.325 e. The maximum absolute atomic E-state index is 11.9. The lowest BCUT2D eigenvalue weighted by atomic mass is 10.2. The van der Waals surface area contributed by atoms with Gasteiger partial charge in [0, 0.05) is 12.1 Å². The Morgan fingerprint density at radius 3 is 2.33 bits per heavy atom. The Morgan fingerprint density at radius 2 is 1.70 bits per heavy atom. The van der Waals surface area contributed by atoms with Gasteiger partial charge in [0.25, 0.3) is 11.8 Å². The molecular formula is C18H25N3O6. The van der Waals surface area contributed by atoms with Gasteiger partial charge in [-0.1, -0.05) is 13.3 Å². The zero-order valence-electron chi connectivity index (χ0n) is 15.5. The van der Waals surface area contributed by atoms with Crippen molar-refractivity contribution in [3.8, 4) is 5.75 Å². The predicted octanol–water partition coefficient (Wildman–Crippen LogP) is 0.984. The quantitative estimate of drug-likeness (QED) is 0.411. The Morgan fingerprint density at radius 1 is 1.00 bits per heavy atom. The van der Waals surface area contributed by atoms with Crippen LogP contribution in [0.5, 0.6) is 5.75 Å². The molecule has 0 radical (unpaired) electrons. The number of esters is 1. The van der Waals surface area contributed by atoms with Gasteiger partial charge in [-0.15, -0.1) is 0 Å². The molecule has 0 saturated heterocycles. The van der Waals surface area contributed by atoms with E-state index in [1.807, 2.05) is 19.2 Å². The van der Waals surface area contributed by atoms with Crippen molar-refractivity contribution in [1.82, 2.24) is 16.0 Å². The second-order valence-corrected chi connectivity index (χ2v) is 5.46. The number of carbonyl (C=O) groups excluding carboxylic acids is 4. The summed E-state index contributed by atoms with van der Waals surface area (Å²) >= 11 is 0. The molecule has 148 valence electrons. The highest BCUT2D eigenvalue weighted by Crippen LogP contribution is 2.11. The first-order valence-electron chi connectivity index (χ1n) is 8.70. The molecule has 4 amide bonds. The van der Waals surface area contributed by atoms with E-state index >= 15 is 0 Å². The zero-order chi connectivity index (χ0) is 20.1. The van der Waals surface area contributed by atoms with Crippen molar-refractivity contribution < 1.29 is 28.7 Å². The summed E-state index contributed by atoms with van der Waals surface area (Å²) in [6.45, 7) is 3.78. The van der Waals surface area contributed by atoms with E-state index in [1.165, 1.54) is 0 Å². The fourth-order valence-corrected chi connectivity index (χ4v) is 1.91. The summed E-state index contributed by atoms with van der Waals surface area (Å²) < 4.78 is 9.98. The third-order valence-corrected chi connectivity index (χ3v) is 3.25. The van der Waals surface area contributed by atoms with Gasteiger partial charge in [0.1, 0.15) is 12.3 Å². The van der Waals surface area contributed by atoms with Crippen LogP contribution in [0.15, 0.2) is 24.3 Å². The molecule has 0 heterocycles.